The molecule has 0 saturated carbocycles. The maximum absolute atomic E-state index is 10.8. The number of allylic oxidation sites excluding steroid dienone is 2. The van der Waals surface area contributed by atoms with Crippen molar-refractivity contribution in [3.63, 3.8) is 0 Å². The molecular formula is C13H22O2. The highest BCUT2D eigenvalue weighted by Gasteiger charge is 2.11. The minimum absolute atomic E-state index is 0.118. The molecule has 0 aromatic carbocycles. The van der Waals surface area contributed by atoms with Crippen LogP contribution in [0.3, 0.4) is 0 Å². The van der Waals surface area contributed by atoms with Gasteiger partial charge in [-0.25, -0.2) is 0 Å². The molecule has 0 fully saturated rings. The van der Waals surface area contributed by atoms with Gasteiger partial charge in [0.1, 0.15) is 6.10 Å². The van der Waals surface area contributed by atoms with Crippen molar-refractivity contribution in [1.29, 1.82) is 0 Å². The van der Waals surface area contributed by atoms with Gasteiger partial charge in [-0.05, 0) is 45.6 Å². The third-order valence-corrected chi connectivity index (χ3v) is 2.08. The van der Waals surface area contributed by atoms with E-state index in [0.717, 1.165) is 24.8 Å². The summed E-state index contributed by atoms with van der Waals surface area (Å²) in [6.07, 6.45) is 5.00. The number of unbranched alkanes of at least 4 members (excludes halogenated alkanes) is 1. The van der Waals surface area contributed by atoms with E-state index in [1.807, 2.05) is 6.92 Å². The normalized spacial score (nSPS) is 11.7. The van der Waals surface area contributed by atoms with Crippen LogP contribution in [-0.4, -0.2) is 12.1 Å². The Bertz CT molecular complexity index is 247. The average Bonchev–Trinajstić information content (AvgIpc) is 2.08. The van der Waals surface area contributed by atoms with E-state index in [0.29, 0.717) is 0 Å². The fourth-order valence-electron chi connectivity index (χ4n) is 1.30. The summed E-state index contributed by atoms with van der Waals surface area (Å²) in [4.78, 5) is 10.8. The van der Waals surface area contributed by atoms with Crippen molar-refractivity contribution >= 4 is 5.97 Å². The molecular weight excluding hydrogens is 188 g/mol. The van der Waals surface area contributed by atoms with Gasteiger partial charge in [0, 0.05) is 6.92 Å². The smallest absolute Gasteiger partial charge is 0.303 e. The quantitative estimate of drug-likeness (QED) is 0.380. The summed E-state index contributed by atoms with van der Waals surface area (Å²) >= 11 is 0. The number of ether oxygens (including phenoxy) is 1. The molecule has 15 heavy (non-hydrogen) atoms. The Morgan fingerprint density at radius 3 is 2.33 bits per heavy atom. The minimum atomic E-state index is -0.231. The lowest BCUT2D eigenvalue weighted by Crippen LogP contribution is -2.16. The summed E-state index contributed by atoms with van der Waals surface area (Å²) < 4.78 is 5.16. The highest BCUT2D eigenvalue weighted by molar-refractivity contribution is 5.66. The first-order valence-electron chi connectivity index (χ1n) is 5.39. The Morgan fingerprint density at radius 2 is 1.93 bits per heavy atom. The lowest BCUT2D eigenvalue weighted by atomic mass is 10.1. The molecule has 0 spiro atoms. The van der Waals surface area contributed by atoms with E-state index in [1.54, 1.807) is 0 Å². The molecule has 0 aliphatic rings. The van der Waals surface area contributed by atoms with Crippen molar-refractivity contribution < 1.29 is 9.53 Å². The first kappa shape index (κ1) is 13.9. The second-order valence-electron chi connectivity index (χ2n) is 4.16. The van der Waals surface area contributed by atoms with Crippen molar-refractivity contribution in [3.05, 3.63) is 23.8 Å². The monoisotopic (exact) mass is 210 g/mol. The van der Waals surface area contributed by atoms with Gasteiger partial charge in [0.2, 0.25) is 0 Å². The minimum Gasteiger partial charge on any atom is -0.458 e. The second-order valence-corrected chi connectivity index (χ2v) is 4.16. The van der Waals surface area contributed by atoms with Gasteiger partial charge in [-0.2, -0.15) is 0 Å². The van der Waals surface area contributed by atoms with Crippen LogP contribution in [-0.2, 0) is 9.53 Å². The lowest BCUT2D eigenvalue weighted by molar-refractivity contribution is -0.144. The molecule has 0 aliphatic heterocycles. The van der Waals surface area contributed by atoms with E-state index < -0.39 is 0 Å². The molecule has 0 saturated heterocycles. The van der Waals surface area contributed by atoms with Gasteiger partial charge in [0.15, 0.2) is 0 Å². The highest BCUT2D eigenvalue weighted by Crippen LogP contribution is 2.13. The van der Waals surface area contributed by atoms with Crippen molar-refractivity contribution in [2.75, 3.05) is 0 Å². The van der Waals surface area contributed by atoms with Crippen LogP contribution in [0.15, 0.2) is 23.8 Å². The molecule has 1 atom stereocenters. The number of hydrogen-bond donors (Lipinski definition) is 0. The maximum Gasteiger partial charge on any atom is 0.303 e. The Balaban J connectivity index is 3.92. The van der Waals surface area contributed by atoms with Crippen LogP contribution in [0.1, 0.15) is 47.0 Å². The number of carbonyl (C=O) groups excluding carboxylic acids is 1. The van der Waals surface area contributed by atoms with Gasteiger partial charge in [-0.15, -0.1) is 0 Å². The Hall–Kier alpha value is -1.05. The van der Waals surface area contributed by atoms with Gasteiger partial charge in [-0.1, -0.05) is 18.2 Å². The van der Waals surface area contributed by atoms with Crippen LogP contribution in [0, 0.1) is 0 Å². The third-order valence-electron chi connectivity index (χ3n) is 2.08. The fraction of sp³-hybridized carbons (Fsp3) is 0.615. The molecule has 0 aromatic heterocycles. The largest absolute Gasteiger partial charge is 0.458 e. The van der Waals surface area contributed by atoms with Gasteiger partial charge in [-0.3, -0.25) is 4.79 Å². The molecule has 0 bridgehead atoms. The van der Waals surface area contributed by atoms with E-state index in [4.69, 9.17) is 4.74 Å². The van der Waals surface area contributed by atoms with Gasteiger partial charge in [0.25, 0.3) is 0 Å². The molecule has 0 N–H and O–H groups in total. The van der Waals surface area contributed by atoms with Crippen molar-refractivity contribution in [1.82, 2.24) is 0 Å². The van der Waals surface area contributed by atoms with E-state index >= 15 is 0 Å². The van der Waals surface area contributed by atoms with Crippen LogP contribution in [0.25, 0.3) is 0 Å². The predicted molar refractivity (Wildman–Crippen MR) is 63.7 cm³/mol. The summed E-state index contributed by atoms with van der Waals surface area (Å²) in [5.74, 6) is -0.231. The molecule has 0 rings (SSSR count). The summed E-state index contributed by atoms with van der Waals surface area (Å²) in [5.41, 5.74) is 2.25. The van der Waals surface area contributed by atoms with Gasteiger partial charge < -0.3 is 4.74 Å². The van der Waals surface area contributed by atoms with Gasteiger partial charge >= 0.3 is 5.97 Å². The van der Waals surface area contributed by atoms with E-state index in [-0.39, 0.29) is 12.1 Å². The van der Waals surface area contributed by atoms with E-state index in [2.05, 4.69) is 26.5 Å². The SMILES string of the molecule is C=C(C)C(CCCC=C(C)C)OC(C)=O. The summed E-state index contributed by atoms with van der Waals surface area (Å²) in [6, 6.07) is 0. The predicted octanol–water partition coefficient (Wildman–Crippen LogP) is 3.63. The van der Waals surface area contributed by atoms with Crippen molar-refractivity contribution in [2.45, 2.75) is 53.1 Å². The first-order valence-corrected chi connectivity index (χ1v) is 5.39. The zero-order chi connectivity index (χ0) is 11.8. The topological polar surface area (TPSA) is 26.3 Å². The Kier molecular flexibility index (Phi) is 6.76. The molecule has 2 nitrogen and oxygen atoms in total. The molecule has 0 aromatic rings. The summed E-state index contributed by atoms with van der Waals surface area (Å²) in [6.45, 7) is 11.3. The standard InChI is InChI=1S/C13H22O2/c1-10(2)8-6-7-9-13(11(3)4)15-12(5)14/h8,13H,3,6-7,9H2,1-2,4-5H3. The van der Waals surface area contributed by atoms with Crippen molar-refractivity contribution in [3.8, 4) is 0 Å². The van der Waals surface area contributed by atoms with Gasteiger partial charge in [0.05, 0.1) is 0 Å². The van der Waals surface area contributed by atoms with Crippen LogP contribution in [0.5, 0.6) is 0 Å². The first-order chi connectivity index (χ1) is 6.93. The molecule has 0 amide bonds. The fourth-order valence-corrected chi connectivity index (χ4v) is 1.30. The number of hydrogen-bond acceptors (Lipinski definition) is 2. The maximum atomic E-state index is 10.8. The zero-order valence-electron chi connectivity index (χ0n) is 10.3. The summed E-state index contributed by atoms with van der Waals surface area (Å²) in [7, 11) is 0. The van der Waals surface area contributed by atoms with Crippen LogP contribution >= 0.6 is 0 Å². The number of carbonyl (C=O) groups is 1. The van der Waals surface area contributed by atoms with E-state index in [9.17, 15) is 4.79 Å². The van der Waals surface area contributed by atoms with Crippen LogP contribution in [0.2, 0.25) is 0 Å². The summed E-state index contributed by atoms with van der Waals surface area (Å²) in [5, 5.41) is 0. The zero-order valence-corrected chi connectivity index (χ0v) is 10.3. The lowest BCUT2D eigenvalue weighted by Gasteiger charge is -2.16. The van der Waals surface area contributed by atoms with E-state index in [1.165, 1.54) is 12.5 Å². The van der Waals surface area contributed by atoms with Crippen molar-refractivity contribution in [2.24, 2.45) is 0 Å². The molecule has 0 heterocycles. The Morgan fingerprint density at radius 1 is 1.33 bits per heavy atom. The molecule has 0 radical (unpaired) electrons. The Labute approximate surface area is 93.0 Å². The highest BCUT2D eigenvalue weighted by atomic mass is 16.5. The second kappa shape index (κ2) is 7.27. The molecule has 0 aliphatic carbocycles. The molecule has 1 unspecified atom stereocenters. The van der Waals surface area contributed by atoms with Crippen LogP contribution in [0.4, 0.5) is 0 Å². The molecule has 86 valence electrons. The molecule has 2 heteroatoms. The van der Waals surface area contributed by atoms with Crippen LogP contribution < -0.4 is 0 Å². The number of rotatable bonds is 6. The average molecular weight is 210 g/mol. The number of esters is 1. The third kappa shape index (κ3) is 7.98.